The highest BCUT2D eigenvalue weighted by molar-refractivity contribution is 5.44. The second-order valence-electron chi connectivity index (χ2n) is 7.80. The Balaban J connectivity index is 2.07. The second kappa shape index (κ2) is 11.9. The van der Waals surface area contributed by atoms with Gasteiger partial charge >= 0.3 is 0 Å². The summed E-state index contributed by atoms with van der Waals surface area (Å²) >= 11 is 0. The van der Waals surface area contributed by atoms with Crippen LogP contribution >= 0.6 is 0 Å². The predicted octanol–water partition coefficient (Wildman–Crippen LogP) is 4.72. The van der Waals surface area contributed by atoms with Crippen molar-refractivity contribution in [2.24, 2.45) is 0 Å². The molecule has 0 radical (unpaired) electrons. The molecular weight excluding hydrogens is 428 g/mol. The molecule has 0 unspecified atom stereocenters. The number of halogens is 2. The summed E-state index contributed by atoms with van der Waals surface area (Å²) in [6, 6.07) is 12.6. The van der Waals surface area contributed by atoms with Gasteiger partial charge in [-0.3, -0.25) is 4.90 Å². The summed E-state index contributed by atoms with van der Waals surface area (Å²) in [6.45, 7) is 5.88. The average Bonchev–Trinajstić information content (AvgIpc) is 3.16. The molecule has 8 heteroatoms. The molecule has 6 nitrogen and oxygen atoms in total. The molecule has 0 aliphatic carbocycles. The summed E-state index contributed by atoms with van der Waals surface area (Å²) in [7, 11) is 1.63. The van der Waals surface area contributed by atoms with Crippen LogP contribution in [0.5, 0.6) is 11.6 Å². The van der Waals surface area contributed by atoms with E-state index in [2.05, 4.69) is 4.90 Å². The van der Waals surface area contributed by atoms with Gasteiger partial charge in [-0.1, -0.05) is 32.0 Å². The standard InChI is InChI=1S/C25H31F2N3O3/c1-4-20(31)16-29(13-14-32-3)17-21-23(5-2)28-30(19-9-7-6-8-10-19)25(21)33-24-12-11-18(26)15-22(24)27/h6-12,15,20,31H,4-5,13-14,16-17H2,1-3H3/t20-/m1/s1. The van der Waals surface area contributed by atoms with Gasteiger partial charge in [0.2, 0.25) is 5.88 Å². The van der Waals surface area contributed by atoms with Gasteiger partial charge in [0.05, 0.1) is 29.7 Å². The summed E-state index contributed by atoms with van der Waals surface area (Å²) in [5.41, 5.74) is 2.34. The Bertz CT molecular complexity index is 1030. The minimum Gasteiger partial charge on any atom is -0.435 e. The molecule has 33 heavy (non-hydrogen) atoms. The molecular formula is C25H31F2N3O3. The fraction of sp³-hybridized carbons (Fsp3) is 0.400. The van der Waals surface area contributed by atoms with Crippen molar-refractivity contribution in [3.05, 3.63) is 71.4 Å². The van der Waals surface area contributed by atoms with Gasteiger partial charge in [0, 0.05) is 32.8 Å². The third-order valence-electron chi connectivity index (χ3n) is 5.39. The topological polar surface area (TPSA) is 59.8 Å². The van der Waals surface area contributed by atoms with Crippen LogP contribution in [0.2, 0.25) is 0 Å². The fourth-order valence-corrected chi connectivity index (χ4v) is 3.54. The number of nitrogens with zero attached hydrogens (tertiary/aromatic N) is 3. The summed E-state index contributed by atoms with van der Waals surface area (Å²) in [5, 5.41) is 15.0. The van der Waals surface area contributed by atoms with E-state index in [0.29, 0.717) is 45.0 Å². The first-order chi connectivity index (χ1) is 16.0. The number of aliphatic hydroxyl groups excluding tert-OH is 1. The lowest BCUT2D eigenvalue weighted by Gasteiger charge is -2.25. The minimum atomic E-state index is -0.794. The maximum atomic E-state index is 14.5. The van der Waals surface area contributed by atoms with E-state index in [1.807, 2.05) is 44.2 Å². The molecule has 3 aromatic rings. The average molecular weight is 460 g/mol. The number of aryl methyl sites for hydroxylation is 1. The Kier molecular flexibility index (Phi) is 8.94. The Hall–Kier alpha value is -2.81. The number of hydrogen-bond acceptors (Lipinski definition) is 5. The van der Waals surface area contributed by atoms with Crippen LogP contribution in [0.3, 0.4) is 0 Å². The van der Waals surface area contributed by atoms with Gasteiger partial charge in [-0.05, 0) is 37.1 Å². The molecule has 1 heterocycles. The van der Waals surface area contributed by atoms with E-state index in [1.54, 1.807) is 11.8 Å². The number of aliphatic hydroxyl groups is 1. The maximum absolute atomic E-state index is 14.5. The lowest BCUT2D eigenvalue weighted by molar-refractivity contribution is 0.0825. The van der Waals surface area contributed by atoms with E-state index >= 15 is 0 Å². The number of methoxy groups -OCH3 is 1. The molecule has 0 amide bonds. The number of benzene rings is 2. The van der Waals surface area contributed by atoms with Crippen LogP contribution in [0.1, 0.15) is 31.5 Å². The highest BCUT2D eigenvalue weighted by atomic mass is 19.1. The Morgan fingerprint density at radius 3 is 2.52 bits per heavy atom. The van der Waals surface area contributed by atoms with Crippen molar-refractivity contribution in [2.75, 3.05) is 26.8 Å². The molecule has 0 saturated carbocycles. The second-order valence-corrected chi connectivity index (χ2v) is 7.80. The van der Waals surface area contributed by atoms with Crippen LogP contribution in [-0.4, -0.2) is 52.7 Å². The van der Waals surface area contributed by atoms with E-state index in [9.17, 15) is 13.9 Å². The molecule has 0 fully saturated rings. The van der Waals surface area contributed by atoms with Gasteiger partial charge in [-0.25, -0.2) is 13.5 Å². The van der Waals surface area contributed by atoms with Crippen LogP contribution in [0.25, 0.3) is 5.69 Å². The molecule has 1 N–H and O–H groups in total. The van der Waals surface area contributed by atoms with Crippen molar-refractivity contribution >= 4 is 0 Å². The van der Waals surface area contributed by atoms with E-state index in [1.165, 1.54) is 6.07 Å². The summed E-state index contributed by atoms with van der Waals surface area (Å²) < 4.78 is 40.9. The van der Waals surface area contributed by atoms with Crippen molar-refractivity contribution in [2.45, 2.75) is 39.3 Å². The number of para-hydroxylation sites is 1. The molecule has 0 aliphatic heterocycles. The lowest BCUT2D eigenvalue weighted by Crippen LogP contribution is -2.34. The van der Waals surface area contributed by atoms with Crippen molar-refractivity contribution in [1.82, 2.24) is 14.7 Å². The van der Waals surface area contributed by atoms with Gasteiger partial charge in [0.1, 0.15) is 5.82 Å². The van der Waals surface area contributed by atoms with Crippen LogP contribution in [0.4, 0.5) is 8.78 Å². The van der Waals surface area contributed by atoms with E-state index in [0.717, 1.165) is 29.1 Å². The first kappa shape index (κ1) is 24.8. The summed E-state index contributed by atoms with van der Waals surface area (Å²) in [4.78, 5) is 2.07. The third kappa shape index (κ3) is 6.37. The monoisotopic (exact) mass is 459 g/mol. The zero-order valence-electron chi connectivity index (χ0n) is 19.3. The molecule has 2 aromatic carbocycles. The summed E-state index contributed by atoms with van der Waals surface area (Å²) in [5.74, 6) is -1.20. The van der Waals surface area contributed by atoms with Crippen molar-refractivity contribution in [1.29, 1.82) is 0 Å². The number of rotatable bonds is 12. The molecule has 1 atom stereocenters. The van der Waals surface area contributed by atoms with Crippen molar-refractivity contribution in [3.63, 3.8) is 0 Å². The van der Waals surface area contributed by atoms with Gasteiger partial charge < -0.3 is 14.6 Å². The van der Waals surface area contributed by atoms with Crippen LogP contribution < -0.4 is 4.74 Å². The van der Waals surface area contributed by atoms with E-state index in [-0.39, 0.29) is 5.75 Å². The fourth-order valence-electron chi connectivity index (χ4n) is 3.54. The first-order valence-corrected chi connectivity index (χ1v) is 11.1. The van der Waals surface area contributed by atoms with Crippen molar-refractivity contribution in [3.8, 4) is 17.3 Å². The maximum Gasteiger partial charge on any atom is 0.227 e. The lowest BCUT2D eigenvalue weighted by atomic mass is 10.1. The molecule has 0 aliphatic rings. The molecule has 178 valence electrons. The van der Waals surface area contributed by atoms with Crippen LogP contribution in [0, 0.1) is 11.6 Å². The zero-order chi connectivity index (χ0) is 23.8. The zero-order valence-corrected chi connectivity index (χ0v) is 19.3. The first-order valence-electron chi connectivity index (χ1n) is 11.1. The number of ether oxygens (including phenoxy) is 2. The Morgan fingerprint density at radius 1 is 1.12 bits per heavy atom. The van der Waals surface area contributed by atoms with Crippen LogP contribution in [-0.2, 0) is 17.7 Å². The van der Waals surface area contributed by atoms with Crippen LogP contribution in [0.15, 0.2) is 48.5 Å². The molecule has 0 saturated heterocycles. The molecule has 0 bridgehead atoms. The highest BCUT2D eigenvalue weighted by Crippen LogP contribution is 2.33. The molecule has 3 rings (SSSR count). The SMILES string of the molecule is CCc1nn(-c2ccccc2)c(Oc2ccc(F)cc2F)c1CN(CCOC)C[C@H](O)CC. The third-order valence-corrected chi connectivity index (χ3v) is 5.39. The smallest absolute Gasteiger partial charge is 0.227 e. The molecule has 1 aromatic heterocycles. The Morgan fingerprint density at radius 2 is 1.88 bits per heavy atom. The predicted molar refractivity (Wildman–Crippen MR) is 123 cm³/mol. The van der Waals surface area contributed by atoms with Gasteiger partial charge in [-0.15, -0.1) is 0 Å². The van der Waals surface area contributed by atoms with Crippen molar-refractivity contribution < 1.29 is 23.4 Å². The van der Waals surface area contributed by atoms with E-state index in [4.69, 9.17) is 14.6 Å². The normalized spacial score (nSPS) is 12.3. The number of aromatic nitrogens is 2. The quantitative estimate of drug-likeness (QED) is 0.425. The van der Waals surface area contributed by atoms with E-state index < -0.39 is 17.7 Å². The highest BCUT2D eigenvalue weighted by Gasteiger charge is 2.24. The van der Waals surface area contributed by atoms with Gasteiger partial charge in [0.25, 0.3) is 0 Å². The largest absolute Gasteiger partial charge is 0.435 e. The minimum absolute atomic E-state index is 0.0885. The summed E-state index contributed by atoms with van der Waals surface area (Å²) in [6.07, 6.45) is 0.763. The number of hydrogen-bond donors (Lipinski definition) is 1. The molecule has 0 spiro atoms. The Labute approximate surface area is 193 Å². The van der Waals surface area contributed by atoms with Gasteiger partial charge in [0.15, 0.2) is 11.6 Å². The van der Waals surface area contributed by atoms with Gasteiger partial charge in [-0.2, -0.15) is 5.10 Å².